The summed E-state index contributed by atoms with van der Waals surface area (Å²) in [6.07, 6.45) is 4.60. The summed E-state index contributed by atoms with van der Waals surface area (Å²) in [5.74, 6) is 1.58. The van der Waals surface area contributed by atoms with Gasteiger partial charge in [0.15, 0.2) is 5.82 Å². The van der Waals surface area contributed by atoms with Crippen LogP contribution in [0.25, 0.3) is 11.4 Å². The number of halogens is 1. The highest BCUT2D eigenvalue weighted by Crippen LogP contribution is 2.27. The van der Waals surface area contributed by atoms with E-state index < -0.39 is 0 Å². The molecular weight excluding hydrogens is 389 g/mol. The minimum atomic E-state index is -0.267. The van der Waals surface area contributed by atoms with E-state index >= 15 is 0 Å². The third kappa shape index (κ3) is 6.11. The summed E-state index contributed by atoms with van der Waals surface area (Å²) in [5, 5.41) is 0. The Labute approximate surface area is 184 Å². The Balaban J connectivity index is 1.19. The number of piperidine rings is 1. The summed E-state index contributed by atoms with van der Waals surface area (Å²) in [6, 6.07) is 19.0. The van der Waals surface area contributed by atoms with E-state index in [-0.39, 0.29) is 5.82 Å². The standard InChI is InChI=1S/C26H30FN3O/c1-20-19-25(29-26(28-20)23-9-11-24(27)12-10-23)31-18-6-5-15-30-16-13-22(14-17-30)21-7-3-2-4-8-21/h2-4,7-12,19,22H,5-6,13-18H2,1H3. The minimum absolute atomic E-state index is 0.267. The molecule has 4 rings (SSSR count). The molecule has 0 amide bonds. The summed E-state index contributed by atoms with van der Waals surface area (Å²) >= 11 is 0. The van der Waals surface area contributed by atoms with Crippen LogP contribution >= 0.6 is 0 Å². The second kappa shape index (κ2) is 10.5. The lowest BCUT2D eigenvalue weighted by molar-refractivity contribution is 0.201. The first-order valence-electron chi connectivity index (χ1n) is 11.2. The molecule has 0 unspecified atom stereocenters. The van der Waals surface area contributed by atoms with Crippen molar-refractivity contribution >= 4 is 0 Å². The third-order valence-corrected chi connectivity index (χ3v) is 5.91. The van der Waals surface area contributed by atoms with Crippen LogP contribution in [-0.2, 0) is 0 Å². The summed E-state index contributed by atoms with van der Waals surface area (Å²) < 4.78 is 19.1. The number of aryl methyl sites for hydroxylation is 1. The quantitative estimate of drug-likeness (QED) is 0.444. The zero-order chi connectivity index (χ0) is 21.5. The van der Waals surface area contributed by atoms with Crippen LogP contribution in [0.15, 0.2) is 60.7 Å². The molecule has 0 bridgehead atoms. The molecular formula is C26H30FN3O. The first-order chi connectivity index (χ1) is 15.2. The normalized spacial score (nSPS) is 15.2. The van der Waals surface area contributed by atoms with Crippen molar-refractivity contribution in [2.75, 3.05) is 26.2 Å². The van der Waals surface area contributed by atoms with Gasteiger partial charge in [0.1, 0.15) is 5.82 Å². The van der Waals surface area contributed by atoms with Gasteiger partial charge in [-0.3, -0.25) is 0 Å². The van der Waals surface area contributed by atoms with Crippen LogP contribution in [0.5, 0.6) is 5.88 Å². The van der Waals surface area contributed by atoms with E-state index in [1.807, 2.05) is 13.0 Å². The van der Waals surface area contributed by atoms with Gasteiger partial charge >= 0.3 is 0 Å². The number of unbranched alkanes of at least 4 members (excludes halogenated alkanes) is 1. The number of aromatic nitrogens is 2. The molecule has 2 heterocycles. The Morgan fingerprint density at radius 2 is 1.71 bits per heavy atom. The van der Waals surface area contributed by atoms with Gasteiger partial charge in [0.2, 0.25) is 5.88 Å². The number of benzene rings is 2. The maximum atomic E-state index is 13.2. The molecule has 0 saturated carbocycles. The molecule has 0 radical (unpaired) electrons. The summed E-state index contributed by atoms with van der Waals surface area (Å²) in [4.78, 5) is 11.5. The van der Waals surface area contributed by atoms with Gasteiger partial charge in [-0.1, -0.05) is 30.3 Å². The molecule has 1 fully saturated rings. The maximum Gasteiger partial charge on any atom is 0.217 e. The fraction of sp³-hybridized carbons (Fsp3) is 0.385. The van der Waals surface area contributed by atoms with Crippen LogP contribution in [-0.4, -0.2) is 41.1 Å². The van der Waals surface area contributed by atoms with Crippen molar-refractivity contribution in [3.8, 4) is 17.3 Å². The molecule has 1 aliphatic rings. The van der Waals surface area contributed by atoms with Gasteiger partial charge in [-0.05, 0) is 88.0 Å². The van der Waals surface area contributed by atoms with Gasteiger partial charge in [0, 0.05) is 17.3 Å². The second-order valence-electron chi connectivity index (χ2n) is 8.26. The van der Waals surface area contributed by atoms with Crippen LogP contribution in [0.3, 0.4) is 0 Å². The summed E-state index contributed by atoms with van der Waals surface area (Å²) in [7, 11) is 0. The van der Waals surface area contributed by atoms with Gasteiger partial charge < -0.3 is 9.64 Å². The molecule has 0 aliphatic carbocycles. The van der Waals surface area contributed by atoms with Gasteiger partial charge in [-0.25, -0.2) is 9.37 Å². The Hall–Kier alpha value is -2.79. The van der Waals surface area contributed by atoms with Gasteiger partial charge in [-0.15, -0.1) is 0 Å². The highest BCUT2D eigenvalue weighted by atomic mass is 19.1. The van der Waals surface area contributed by atoms with E-state index in [2.05, 4.69) is 45.2 Å². The number of rotatable bonds is 8. The average Bonchev–Trinajstić information content (AvgIpc) is 2.80. The van der Waals surface area contributed by atoms with Crippen LogP contribution in [0.4, 0.5) is 4.39 Å². The van der Waals surface area contributed by atoms with E-state index in [0.29, 0.717) is 24.2 Å². The predicted octanol–water partition coefficient (Wildman–Crippen LogP) is 5.63. The second-order valence-corrected chi connectivity index (χ2v) is 8.26. The van der Waals surface area contributed by atoms with E-state index in [1.165, 1.54) is 43.6 Å². The fourth-order valence-electron chi connectivity index (χ4n) is 4.17. The summed E-state index contributed by atoms with van der Waals surface area (Å²) in [6.45, 7) is 6.02. The highest BCUT2D eigenvalue weighted by Gasteiger charge is 2.19. The molecule has 4 nitrogen and oxygen atoms in total. The lowest BCUT2D eigenvalue weighted by Gasteiger charge is -2.32. The van der Waals surface area contributed by atoms with Crippen LogP contribution in [0.1, 0.15) is 42.9 Å². The van der Waals surface area contributed by atoms with E-state index in [4.69, 9.17) is 4.74 Å². The number of hydrogen-bond donors (Lipinski definition) is 0. The van der Waals surface area contributed by atoms with Crippen LogP contribution in [0, 0.1) is 12.7 Å². The van der Waals surface area contributed by atoms with Crippen LogP contribution < -0.4 is 4.74 Å². The maximum absolute atomic E-state index is 13.2. The molecule has 0 N–H and O–H groups in total. The SMILES string of the molecule is Cc1cc(OCCCCN2CCC(c3ccccc3)CC2)nc(-c2ccc(F)cc2)n1. The fourth-order valence-corrected chi connectivity index (χ4v) is 4.17. The molecule has 162 valence electrons. The van der Waals surface area contributed by atoms with Crippen molar-refractivity contribution in [3.63, 3.8) is 0 Å². The minimum Gasteiger partial charge on any atom is -0.478 e. The average molecular weight is 420 g/mol. The van der Waals surface area contributed by atoms with Gasteiger partial charge in [0.05, 0.1) is 6.61 Å². The largest absolute Gasteiger partial charge is 0.478 e. The number of hydrogen-bond acceptors (Lipinski definition) is 4. The number of likely N-dealkylation sites (tertiary alicyclic amines) is 1. The zero-order valence-electron chi connectivity index (χ0n) is 18.1. The first-order valence-corrected chi connectivity index (χ1v) is 11.2. The topological polar surface area (TPSA) is 38.2 Å². The Bertz CT molecular complexity index is 954. The predicted molar refractivity (Wildman–Crippen MR) is 122 cm³/mol. The van der Waals surface area contributed by atoms with Crippen molar-refractivity contribution in [2.45, 2.75) is 38.5 Å². The Kier molecular flexibility index (Phi) is 7.26. The molecule has 0 atom stereocenters. The molecule has 1 saturated heterocycles. The van der Waals surface area contributed by atoms with Gasteiger partial charge in [0.25, 0.3) is 0 Å². The molecule has 3 aromatic rings. The van der Waals surface area contributed by atoms with Crippen molar-refractivity contribution in [2.24, 2.45) is 0 Å². The van der Waals surface area contributed by atoms with Crippen molar-refractivity contribution in [1.29, 1.82) is 0 Å². The highest BCUT2D eigenvalue weighted by molar-refractivity contribution is 5.55. The molecule has 31 heavy (non-hydrogen) atoms. The lowest BCUT2D eigenvalue weighted by atomic mass is 9.89. The molecule has 1 aliphatic heterocycles. The third-order valence-electron chi connectivity index (χ3n) is 5.91. The Morgan fingerprint density at radius 1 is 0.968 bits per heavy atom. The molecule has 2 aromatic carbocycles. The van der Waals surface area contributed by atoms with Crippen molar-refractivity contribution < 1.29 is 9.13 Å². The summed E-state index contributed by atoms with van der Waals surface area (Å²) in [5.41, 5.74) is 3.11. The molecule has 5 heteroatoms. The van der Waals surface area contributed by atoms with Crippen LogP contribution in [0.2, 0.25) is 0 Å². The Morgan fingerprint density at radius 3 is 2.45 bits per heavy atom. The van der Waals surface area contributed by atoms with Crippen molar-refractivity contribution in [1.82, 2.24) is 14.9 Å². The van der Waals surface area contributed by atoms with E-state index in [9.17, 15) is 4.39 Å². The van der Waals surface area contributed by atoms with E-state index in [0.717, 1.165) is 30.6 Å². The monoisotopic (exact) mass is 419 g/mol. The molecule has 1 aromatic heterocycles. The van der Waals surface area contributed by atoms with E-state index in [1.54, 1.807) is 12.1 Å². The zero-order valence-corrected chi connectivity index (χ0v) is 18.1. The number of ether oxygens (including phenoxy) is 1. The first kappa shape index (κ1) is 21.4. The lowest BCUT2D eigenvalue weighted by Crippen LogP contribution is -2.33. The smallest absolute Gasteiger partial charge is 0.217 e. The van der Waals surface area contributed by atoms with Gasteiger partial charge in [-0.2, -0.15) is 4.98 Å². The molecule has 0 spiro atoms. The van der Waals surface area contributed by atoms with Crippen molar-refractivity contribution in [3.05, 3.63) is 77.7 Å². The number of nitrogens with zero attached hydrogens (tertiary/aromatic N) is 3.